The number of methoxy groups -OCH3 is 2. The van der Waals surface area contributed by atoms with E-state index in [2.05, 4.69) is 11.3 Å². The van der Waals surface area contributed by atoms with Crippen molar-refractivity contribution in [2.24, 2.45) is 0 Å². The van der Waals surface area contributed by atoms with Gasteiger partial charge in [0.15, 0.2) is 5.76 Å². The molecule has 154 valence electrons. The van der Waals surface area contributed by atoms with Crippen LogP contribution in [0.4, 0.5) is 0 Å². The van der Waals surface area contributed by atoms with Crippen LogP contribution in [0.5, 0.6) is 0 Å². The zero-order chi connectivity index (χ0) is 21.6. The van der Waals surface area contributed by atoms with Crippen LogP contribution in [0.15, 0.2) is 64.8 Å². The van der Waals surface area contributed by atoms with E-state index in [0.717, 1.165) is 23.2 Å². The Morgan fingerprint density at radius 1 is 1.14 bits per heavy atom. The molecule has 0 saturated carbocycles. The van der Waals surface area contributed by atoms with Crippen molar-refractivity contribution < 1.29 is 31.9 Å². The maximum absolute atomic E-state index is 13.1. The lowest BCUT2D eigenvalue weighted by Gasteiger charge is -2.20. The van der Waals surface area contributed by atoms with Crippen molar-refractivity contribution in [2.75, 3.05) is 20.8 Å². The predicted molar refractivity (Wildman–Crippen MR) is 105 cm³/mol. The number of benzene rings is 1. The van der Waals surface area contributed by atoms with Gasteiger partial charge in [-0.25, -0.2) is 18.0 Å². The molecule has 2 aromatic rings. The number of nitrogens with zero attached hydrogens (tertiary/aromatic N) is 1. The minimum atomic E-state index is -4.03. The largest absolute Gasteiger partial charge is 0.465 e. The highest BCUT2D eigenvalue weighted by atomic mass is 32.2. The summed E-state index contributed by atoms with van der Waals surface area (Å²) in [5.74, 6) is -1.81. The van der Waals surface area contributed by atoms with Gasteiger partial charge < -0.3 is 13.9 Å². The summed E-state index contributed by atoms with van der Waals surface area (Å²) in [5.41, 5.74) is 0.578. The fourth-order valence-corrected chi connectivity index (χ4v) is 3.74. The van der Waals surface area contributed by atoms with E-state index in [0.29, 0.717) is 0 Å². The number of carbonyl (C=O) groups is 2. The topological polar surface area (TPSA) is 103 Å². The van der Waals surface area contributed by atoms with Gasteiger partial charge in [-0.1, -0.05) is 23.8 Å². The Morgan fingerprint density at radius 2 is 1.79 bits per heavy atom. The molecular formula is C20H21NO7S. The number of hydrogen-bond donors (Lipinski definition) is 0. The minimum Gasteiger partial charge on any atom is -0.465 e. The van der Waals surface area contributed by atoms with Crippen molar-refractivity contribution in [1.29, 1.82) is 0 Å². The monoisotopic (exact) mass is 419 g/mol. The number of hydrogen-bond acceptors (Lipinski definition) is 7. The van der Waals surface area contributed by atoms with Crippen LogP contribution in [-0.2, 0) is 24.3 Å². The number of rotatable bonds is 8. The third kappa shape index (κ3) is 4.75. The van der Waals surface area contributed by atoms with Crippen molar-refractivity contribution in [2.45, 2.75) is 11.8 Å². The maximum Gasteiger partial charge on any atom is 0.343 e. The fourth-order valence-electron chi connectivity index (χ4n) is 2.44. The quantitative estimate of drug-likeness (QED) is 0.368. The van der Waals surface area contributed by atoms with Crippen LogP contribution >= 0.6 is 0 Å². The lowest BCUT2D eigenvalue weighted by atomic mass is 10.1. The lowest BCUT2D eigenvalue weighted by molar-refractivity contribution is -0.133. The Labute approximate surface area is 169 Å². The van der Waals surface area contributed by atoms with Gasteiger partial charge in [-0.05, 0) is 25.1 Å². The van der Waals surface area contributed by atoms with Crippen LogP contribution in [0, 0.1) is 6.92 Å². The molecule has 8 nitrogen and oxygen atoms in total. The average molecular weight is 419 g/mol. The van der Waals surface area contributed by atoms with Gasteiger partial charge in [-0.2, -0.15) is 0 Å². The van der Waals surface area contributed by atoms with Crippen LogP contribution in [0.2, 0.25) is 0 Å². The number of carbonyl (C=O) groups excluding carboxylic acids is 2. The normalized spacial score (nSPS) is 11.6. The van der Waals surface area contributed by atoms with E-state index >= 15 is 0 Å². The van der Waals surface area contributed by atoms with Crippen molar-refractivity contribution in [3.8, 4) is 0 Å². The summed E-state index contributed by atoms with van der Waals surface area (Å²) in [6.07, 6.45) is 3.60. The molecule has 0 aliphatic heterocycles. The van der Waals surface area contributed by atoms with Gasteiger partial charge in [0, 0.05) is 6.20 Å². The molecule has 0 radical (unpaired) electrons. The third-order valence-corrected chi connectivity index (χ3v) is 5.67. The van der Waals surface area contributed by atoms with E-state index in [1.165, 1.54) is 37.6 Å². The minimum absolute atomic E-state index is 0.0260. The molecule has 0 unspecified atom stereocenters. The first kappa shape index (κ1) is 22.0. The summed E-state index contributed by atoms with van der Waals surface area (Å²) in [4.78, 5) is 24.4. The molecule has 9 heteroatoms. The Kier molecular flexibility index (Phi) is 7.00. The molecular weight excluding hydrogens is 398 g/mol. The molecule has 1 aromatic carbocycles. The lowest BCUT2D eigenvalue weighted by Crippen LogP contribution is -2.27. The molecule has 0 spiro atoms. The third-order valence-electron chi connectivity index (χ3n) is 3.93. The van der Waals surface area contributed by atoms with Crippen molar-refractivity contribution in [1.82, 2.24) is 4.31 Å². The fraction of sp³-hybridized carbons (Fsp3) is 0.200. The van der Waals surface area contributed by atoms with Gasteiger partial charge >= 0.3 is 11.9 Å². The summed E-state index contributed by atoms with van der Waals surface area (Å²) in [7, 11) is -1.73. The highest BCUT2D eigenvalue weighted by Gasteiger charge is 2.28. The molecule has 0 aliphatic rings. The standard InChI is InChI=1S/C20H21NO7S/c1-5-11-21(29(24,25)15-8-6-14(2)7-9-15)13-17(20(23)27-4)18-16(10-12-28-18)19(22)26-3/h5-10,12-13H,1,11H2,2-4H3. The highest BCUT2D eigenvalue weighted by molar-refractivity contribution is 7.89. The van der Waals surface area contributed by atoms with Crippen LogP contribution in [-0.4, -0.2) is 45.4 Å². The molecule has 2 rings (SSSR count). The van der Waals surface area contributed by atoms with Crippen LogP contribution in [0.3, 0.4) is 0 Å². The summed E-state index contributed by atoms with van der Waals surface area (Å²) in [6, 6.07) is 7.54. The zero-order valence-electron chi connectivity index (χ0n) is 16.2. The first-order valence-electron chi connectivity index (χ1n) is 8.42. The molecule has 0 fully saturated rings. The second kappa shape index (κ2) is 9.24. The smallest absolute Gasteiger partial charge is 0.343 e. The summed E-state index contributed by atoms with van der Waals surface area (Å²) < 4.78 is 41.8. The SMILES string of the molecule is C=CCN(C=C(C(=O)OC)c1occc1C(=O)OC)S(=O)(=O)c1ccc(C)cc1. The Hall–Kier alpha value is -3.33. The van der Waals surface area contributed by atoms with E-state index in [4.69, 9.17) is 9.15 Å². The second-order valence-electron chi connectivity index (χ2n) is 5.87. The van der Waals surface area contributed by atoms with Crippen LogP contribution in [0.25, 0.3) is 5.57 Å². The van der Waals surface area contributed by atoms with E-state index in [1.54, 1.807) is 12.1 Å². The molecule has 0 N–H and O–H groups in total. The van der Waals surface area contributed by atoms with Crippen molar-refractivity contribution in [3.63, 3.8) is 0 Å². The molecule has 1 heterocycles. The van der Waals surface area contributed by atoms with Gasteiger partial charge in [-0.15, -0.1) is 6.58 Å². The first-order valence-corrected chi connectivity index (χ1v) is 9.86. The number of furan rings is 1. The highest BCUT2D eigenvalue weighted by Crippen LogP contribution is 2.26. The summed E-state index contributed by atoms with van der Waals surface area (Å²) in [6.45, 7) is 5.26. The van der Waals surface area contributed by atoms with Crippen LogP contribution < -0.4 is 0 Å². The van der Waals surface area contributed by atoms with Gasteiger partial charge in [0.25, 0.3) is 10.0 Å². The zero-order valence-corrected chi connectivity index (χ0v) is 17.1. The van der Waals surface area contributed by atoms with E-state index in [-0.39, 0.29) is 28.3 Å². The molecule has 0 amide bonds. The summed E-state index contributed by atoms with van der Waals surface area (Å²) >= 11 is 0. The van der Waals surface area contributed by atoms with E-state index in [1.807, 2.05) is 6.92 Å². The number of esters is 2. The molecule has 0 bridgehead atoms. The number of ether oxygens (including phenoxy) is 2. The molecule has 0 aliphatic carbocycles. The Morgan fingerprint density at radius 3 is 2.34 bits per heavy atom. The Balaban J connectivity index is 2.63. The van der Waals surface area contributed by atoms with Crippen molar-refractivity contribution in [3.05, 3.63) is 72.3 Å². The molecule has 1 aromatic heterocycles. The van der Waals surface area contributed by atoms with Crippen LogP contribution in [0.1, 0.15) is 21.7 Å². The van der Waals surface area contributed by atoms with Crippen molar-refractivity contribution >= 4 is 27.5 Å². The molecule has 0 saturated heterocycles. The molecule has 29 heavy (non-hydrogen) atoms. The van der Waals surface area contributed by atoms with Gasteiger partial charge in [0.2, 0.25) is 0 Å². The van der Waals surface area contributed by atoms with E-state index in [9.17, 15) is 18.0 Å². The van der Waals surface area contributed by atoms with Gasteiger partial charge in [-0.3, -0.25) is 4.31 Å². The Bertz CT molecular complexity index is 1030. The van der Waals surface area contributed by atoms with Gasteiger partial charge in [0.1, 0.15) is 11.1 Å². The number of aryl methyl sites for hydroxylation is 1. The second-order valence-corrected chi connectivity index (χ2v) is 7.76. The maximum atomic E-state index is 13.1. The first-order chi connectivity index (χ1) is 13.8. The number of sulfonamides is 1. The average Bonchev–Trinajstić information content (AvgIpc) is 3.19. The predicted octanol–water partition coefficient (Wildman–Crippen LogP) is 2.77. The summed E-state index contributed by atoms with van der Waals surface area (Å²) in [5, 5.41) is 0. The molecule has 0 atom stereocenters. The van der Waals surface area contributed by atoms with E-state index < -0.39 is 22.0 Å². The van der Waals surface area contributed by atoms with Gasteiger partial charge in [0.05, 0.1) is 31.9 Å².